The highest BCUT2D eigenvalue weighted by molar-refractivity contribution is 7.08. The van der Waals surface area contributed by atoms with Gasteiger partial charge >= 0.3 is 0 Å². The topological polar surface area (TPSA) is 58.6 Å². The van der Waals surface area contributed by atoms with Crippen LogP contribution in [0.1, 0.15) is 34.8 Å². The van der Waals surface area contributed by atoms with Crippen LogP contribution >= 0.6 is 11.3 Å². The van der Waals surface area contributed by atoms with E-state index in [9.17, 15) is 9.59 Å². The van der Waals surface area contributed by atoms with Gasteiger partial charge in [-0.2, -0.15) is 11.3 Å². The van der Waals surface area contributed by atoms with Crippen molar-refractivity contribution in [2.45, 2.75) is 18.9 Å². The molecule has 1 N–H and O–H groups in total. The first-order chi connectivity index (χ1) is 11.7. The average molecular weight is 344 g/mol. The average Bonchev–Trinajstić information content (AvgIpc) is 3.29. The second kappa shape index (κ2) is 7.49. The number of carbonyl (C=O) groups is 2. The number of thiophene rings is 1. The molecular formula is C18H20N2O3S. The minimum absolute atomic E-state index is 0.00246. The number of likely N-dealkylation sites (tertiary alicyclic amines) is 1. The van der Waals surface area contributed by atoms with E-state index in [0.29, 0.717) is 11.3 Å². The lowest BCUT2D eigenvalue weighted by Crippen LogP contribution is -2.39. The fourth-order valence-corrected chi connectivity index (χ4v) is 3.77. The van der Waals surface area contributed by atoms with Crippen molar-refractivity contribution in [1.29, 1.82) is 0 Å². The van der Waals surface area contributed by atoms with Crippen molar-refractivity contribution in [2.24, 2.45) is 0 Å². The molecule has 1 aromatic heterocycles. The van der Waals surface area contributed by atoms with Crippen LogP contribution in [0.3, 0.4) is 0 Å². The van der Waals surface area contributed by atoms with Gasteiger partial charge in [-0.05, 0) is 47.4 Å². The van der Waals surface area contributed by atoms with E-state index in [1.807, 2.05) is 10.3 Å². The minimum atomic E-state index is -0.299. The minimum Gasteiger partial charge on any atom is -0.496 e. The lowest BCUT2D eigenvalue weighted by Gasteiger charge is -2.24. The molecule has 0 aliphatic carbocycles. The number of methoxy groups -OCH3 is 1. The van der Waals surface area contributed by atoms with Gasteiger partial charge < -0.3 is 15.0 Å². The predicted molar refractivity (Wildman–Crippen MR) is 93.3 cm³/mol. The molecule has 1 saturated heterocycles. The van der Waals surface area contributed by atoms with Crippen molar-refractivity contribution in [3.63, 3.8) is 0 Å². The van der Waals surface area contributed by atoms with Gasteiger partial charge in [0, 0.05) is 6.54 Å². The Hall–Kier alpha value is -2.34. The summed E-state index contributed by atoms with van der Waals surface area (Å²) in [6.07, 6.45) is 1.97. The smallest absolute Gasteiger partial charge is 0.255 e. The van der Waals surface area contributed by atoms with Crippen LogP contribution in [0.2, 0.25) is 0 Å². The molecule has 2 aromatic rings. The Labute approximate surface area is 145 Å². The van der Waals surface area contributed by atoms with Crippen LogP contribution < -0.4 is 10.1 Å². The molecule has 126 valence electrons. The Morgan fingerprint density at radius 2 is 2.17 bits per heavy atom. The fraction of sp³-hybridized carbons (Fsp3) is 0.333. The standard InChI is InChI=1S/C18H20N2O3S/c1-23-16-7-3-2-5-14(16)18(22)19-11-17(21)20-9-4-6-15(20)13-8-10-24-12-13/h2-3,5,7-8,10,12,15H,4,6,9,11H2,1H3,(H,19,22)/t15-/m1/s1. The van der Waals surface area contributed by atoms with E-state index < -0.39 is 0 Å². The second-order valence-corrected chi connectivity index (χ2v) is 6.46. The van der Waals surface area contributed by atoms with Crippen LogP contribution in [-0.4, -0.2) is 36.9 Å². The van der Waals surface area contributed by atoms with Gasteiger partial charge in [-0.3, -0.25) is 9.59 Å². The first-order valence-corrected chi connectivity index (χ1v) is 8.87. The zero-order valence-electron chi connectivity index (χ0n) is 13.5. The molecule has 1 atom stereocenters. The zero-order chi connectivity index (χ0) is 16.9. The van der Waals surface area contributed by atoms with Gasteiger partial charge in [-0.25, -0.2) is 0 Å². The molecule has 5 nitrogen and oxygen atoms in total. The zero-order valence-corrected chi connectivity index (χ0v) is 14.3. The highest BCUT2D eigenvalue weighted by atomic mass is 32.1. The highest BCUT2D eigenvalue weighted by Crippen LogP contribution is 2.32. The van der Waals surface area contributed by atoms with Gasteiger partial charge in [0.1, 0.15) is 5.75 Å². The van der Waals surface area contributed by atoms with Crippen molar-refractivity contribution in [1.82, 2.24) is 10.2 Å². The molecule has 2 amide bonds. The summed E-state index contributed by atoms with van der Waals surface area (Å²) >= 11 is 1.64. The predicted octanol–water partition coefficient (Wildman–Crippen LogP) is 2.85. The lowest BCUT2D eigenvalue weighted by molar-refractivity contribution is -0.131. The van der Waals surface area contributed by atoms with Crippen LogP contribution in [0.4, 0.5) is 0 Å². The van der Waals surface area contributed by atoms with Gasteiger partial charge in [-0.15, -0.1) is 0 Å². The molecule has 1 fully saturated rings. The Bertz CT molecular complexity index is 715. The third kappa shape index (κ3) is 3.43. The largest absolute Gasteiger partial charge is 0.496 e. The molecule has 3 rings (SSSR count). The maximum Gasteiger partial charge on any atom is 0.255 e. The summed E-state index contributed by atoms with van der Waals surface area (Å²) in [6.45, 7) is 0.737. The molecular weight excluding hydrogens is 324 g/mol. The quantitative estimate of drug-likeness (QED) is 0.907. The Morgan fingerprint density at radius 1 is 1.33 bits per heavy atom. The van der Waals surface area contributed by atoms with Crippen molar-refractivity contribution in [3.05, 3.63) is 52.2 Å². The van der Waals surface area contributed by atoms with E-state index in [1.54, 1.807) is 35.6 Å². The molecule has 0 radical (unpaired) electrons. The van der Waals surface area contributed by atoms with E-state index in [0.717, 1.165) is 19.4 Å². The third-order valence-electron chi connectivity index (χ3n) is 4.25. The van der Waals surface area contributed by atoms with Crippen molar-refractivity contribution in [3.8, 4) is 5.75 Å². The number of para-hydroxylation sites is 1. The van der Waals surface area contributed by atoms with E-state index in [4.69, 9.17) is 4.74 Å². The van der Waals surface area contributed by atoms with Crippen molar-refractivity contribution >= 4 is 23.2 Å². The first-order valence-electron chi connectivity index (χ1n) is 7.93. The molecule has 1 aliphatic heterocycles. The maximum absolute atomic E-state index is 12.5. The summed E-state index contributed by atoms with van der Waals surface area (Å²) in [6, 6.07) is 9.18. The summed E-state index contributed by atoms with van der Waals surface area (Å²) in [7, 11) is 1.52. The Morgan fingerprint density at radius 3 is 2.92 bits per heavy atom. The number of amides is 2. The SMILES string of the molecule is COc1ccccc1C(=O)NCC(=O)N1CCC[C@@H]1c1ccsc1. The Kier molecular flexibility index (Phi) is 5.15. The summed E-state index contributed by atoms with van der Waals surface area (Å²) in [5, 5.41) is 6.82. The Balaban J connectivity index is 1.62. The monoisotopic (exact) mass is 344 g/mol. The molecule has 1 aliphatic rings. The van der Waals surface area contributed by atoms with E-state index in [1.165, 1.54) is 12.7 Å². The van der Waals surface area contributed by atoms with Gasteiger partial charge in [-0.1, -0.05) is 12.1 Å². The summed E-state index contributed by atoms with van der Waals surface area (Å²) in [5.74, 6) is 0.152. The lowest BCUT2D eigenvalue weighted by atomic mass is 10.1. The third-order valence-corrected chi connectivity index (χ3v) is 4.95. The van der Waals surface area contributed by atoms with Gasteiger partial charge in [0.05, 0.1) is 25.3 Å². The fourth-order valence-electron chi connectivity index (χ4n) is 3.06. The number of hydrogen-bond acceptors (Lipinski definition) is 4. The molecule has 0 bridgehead atoms. The molecule has 2 heterocycles. The van der Waals surface area contributed by atoms with Crippen LogP contribution in [0.15, 0.2) is 41.1 Å². The summed E-state index contributed by atoms with van der Waals surface area (Å²) < 4.78 is 5.18. The van der Waals surface area contributed by atoms with E-state index >= 15 is 0 Å². The number of nitrogens with zero attached hydrogens (tertiary/aromatic N) is 1. The molecule has 0 unspecified atom stereocenters. The van der Waals surface area contributed by atoms with Crippen LogP contribution in [0.25, 0.3) is 0 Å². The van der Waals surface area contributed by atoms with E-state index in [-0.39, 0.29) is 24.4 Å². The molecule has 6 heteroatoms. The van der Waals surface area contributed by atoms with Crippen LogP contribution in [0, 0.1) is 0 Å². The second-order valence-electron chi connectivity index (χ2n) is 5.68. The number of hydrogen-bond donors (Lipinski definition) is 1. The highest BCUT2D eigenvalue weighted by Gasteiger charge is 2.30. The summed E-state index contributed by atoms with van der Waals surface area (Å²) in [5.41, 5.74) is 1.62. The van der Waals surface area contributed by atoms with Crippen molar-refractivity contribution in [2.75, 3.05) is 20.2 Å². The molecule has 0 spiro atoms. The maximum atomic E-state index is 12.5. The van der Waals surface area contributed by atoms with Crippen LogP contribution in [0.5, 0.6) is 5.75 Å². The number of ether oxygens (including phenoxy) is 1. The van der Waals surface area contributed by atoms with Gasteiger partial charge in [0.25, 0.3) is 5.91 Å². The number of benzene rings is 1. The number of carbonyl (C=O) groups excluding carboxylic acids is 2. The summed E-state index contributed by atoms with van der Waals surface area (Å²) in [4.78, 5) is 26.7. The molecule has 0 saturated carbocycles. The van der Waals surface area contributed by atoms with Crippen molar-refractivity contribution < 1.29 is 14.3 Å². The molecule has 1 aromatic carbocycles. The number of nitrogens with one attached hydrogen (secondary N) is 1. The first kappa shape index (κ1) is 16.5. The van der Waals surface area contributed by atoms with Crippen LogP contribution in [-0.2, 0) is 4.79 Å². The van der Waals surface area contributed by atoms with Gasteiger partial charge in [0.2, 0.25) is 5.91 Å². The molecule has 24 heavy (non-hydrogen) atoms. The van der Waals surface area contributed by atoms with Gasteiger partial charge in [0.15, 0.2) is 0 Å². The van der Waals surface area contributed by atoms with E-state index in [2.05, 4.69) is 16.8 Å². The normalized spacial score (nSPS) is 16.9. The number of rotatable bonds is 5.